The van der Waals surface area contributed by atoms with E-state index in [1.807, 2.05) is 16.8 Å². The van der Waals surface area contributed by atoms with Gasteiger partial charge in [-0.2, -0.15) is 0 Å². The van der Waals surface area contributed by atoms with E-state index in [4.69, 9.17) is 0 Å². The van der Waals surface area contributed by atoms with E-state index in [0.29, 0.717) is 6.04 Å². The van der Waals surface area contributed by atoms with Crippen molar-refractivity contribution in [2.75, 3.05) is 37.3 Å². The third kappa shape index (κ3) is 2.49. The van der Waals surface area contributed by atoms with Crippen LogP contribution in [0, 0.1) is 0 Å². The molecule has 102 valence electrons. The average Bonchev–Trinajstić information content (AvgIpc) is 2.99. The number of hydrogen-bond donors (Lipinski definition) is 2. The zero-order valence-corrected chi connectivity index (χ0v) is 11.4. The average molecular weight is 260 g/mol. The fourth-order valence-corrected chi connectivity index (χ4v) is 2.54. The van der Waals surface area contributed by atoms with Gasteiger partial charge >= 0.3 is 0 Å². The van der Waals surface area contributed by atoms with Crippen molar-refractivity contribution in [3.05, 3.63) is 18.6 Å². The summed E-state index contributed by atoms with van der Waals surface area (Å²) in [6, 6.07) is 0.454. The first kappa shape index (κ1) is 12.2. The number of nitrogens with zero attached hydrogens (tertiary/aromatic N) is 4. The Morgan fingerprint density at radius 2 is 2.37 bits per heavy atom. The van der Waals surface area contributed by atoms with Crippen LogP contribution in [0.25, 0.3) is 5.65 Å². The summed E-state index contributed by atoms with van der Waals surface area (Å²) in [4.78, 5) is 11.3. The Bertz CT molecular complexity index is 563. The van der Waals surface area contributed by atoms with E-state index < -0.39 is 0 Å². The molecule has 1 fully saturated rings. The van der Waals surface area contributed by atoms with Gasteiger partial charge in [-0.3, -0.25) is 0 Å². The highest BCUT2D eigenvalue weighted by Gasteiger charge is 2.20. The molecule has 1 aliphatic heterocycles. The Morgan fingerprint density at radius 3 is 3.11 bits per heavy atom. The smallest absolute Gasteiger partial charge is 0.180 e. The summed E-state index contributed by atoms with van der Waals surface area (Å²) in [5.74, 6) is 1.74. The molecule has 0 bridgehead atoms. The van der Waals surface area contributed by atoms with E-state index in [-0.39, 0.29) is 0 Å². The molecule has 2 aromatic rings. The molecular weight excluding hydrogens is 240 g/mol. The van der Waals surface area contributed by atoms with Crippen molar-refractivity contribution in [2.24, 2.45) is 0 Å². The standard InChI is InChI=1S/C13H20N6/c1-3-14-11-9-19-7-5-15-13(19)12(17-11)16-10-4-6-18(2)8-10/h5,7,9-10,14H,3-4,6,8H2,1-2H3,(H,16,17). The largest absolute Gasteiger partial charge is 0.369 e. The molecule has 1 atom stereocenters. The molecule has 3 heterocycles. The van der Waals surface area contributed by atoms with Gasteiger partial charge in [-0.15, -0.1) is 0 Å². The number of rotatable bonds is 4. The Balaban J connectivity index is 1.89. The van der Waals surface area contributed by atoms with Gasteiger partial charge in [0.2, 0.25) is 0 Å². The lowest BCUT2D eigenvalue weighted by atomic mass is 10.2. The number of likely N-dealkylation sites (tertiary alicyclic amines) is 1. The minimum absolute atomic E-state index is 0.454. The predicted octanol–water partition coefficient (Wildman–Crippen LogP) is 1.28. The predicted molar refractivity (Wildman–Crippen MR) is 76.7 cm³/mol. The molecule has 1 saturated heterocycles. The van der Waals surface area contributed by atoms with Crippen LogP contribution in [0.3, 0.4) is 0 Å². The van der Waals surface area contributed by atoms with E-state index in [2.05, 4.69) is 39.5 Å². The first-order valence-electron chi connectivity index (χ1n) is 6.79. The monoisotopic (exact) mass is 260 g/mol. The van der Waals surface area contributed by atoms with E-state index in [1.165, 1.54) is 0 Å². The van der Waals surface area contributed by atoms with Crippen molar-refractivity contribution in [1.82, 2.24) is 19.3 Å². The lowest BCUT2D eigenvalue weighted by molar-refractivity contribution is 0.414. The molecule has 0 amide bonds. The maximum absolute atomic E-state index is 4.63. The minimum Gasteiger partial charge on any atom is -0.369 e. The molecular formula is C13H20N6. The zero-order valence-electron chi connectivity index (χ0n) is 11.4. The van der Waals surface area contributed by atoms with Crippen molar-refractivity contribution < 1.29 is 0 Å². The number of nitrogens with one attached hydrogen (secondary N) is 2. The molecule has 0 aliphatic carbocycles. The van der Waals surface area contributed by atoms with Gasteiger partial charge in [0.1, 0.15) is 5.82 Å². The van der Waals surface area contributed by atoms with E-state index in [1.54, 1.807) is 6.20 Å². The second kappa shape index (κ2) is 5.05. The normalized spacial score (nSPS) is 20.0. The Hall–Kier alpha value is -1.82. The van der Waals surface area contributed by atoms with Crippen molar-refractivity contribution in [3.63, 3.8) is 0 Å². The van der Waals surface area contributed by atoms with Crippen LogP contribution in [-0.2, 0) is 0 Å². The van der Waals surface area contributed by atoms with Gasteiger partial charge in [-0.05, 0) is 26.9 Å². The van der Waals surface area contributed by atoms with Crippen LogP contribution >= 0.6 is 0 Å². The summed E-state index contributed by atoms with van der Waals surface area (Å²) < 4.78 is 2.01. The zero-order chi connectivity index (χ0) is 13.2. The highest BCUT2D eigenvalue weighted by Crippen LogP contribution is 2.19. The molecule has 0 aromatic carbocycles. The molecule has 0 saturated carbocycles. The van der Waals surface area contributed by atoms with Gasteiger partial charge in [-0.25, -0.2) is 9.97 Å². The second-order valence-corrected chi connectivity index (χ2v) is 5.06. The maximum atomic E-state index is 4.63. The third-order valence-corrected chi connectivity index (χ3v) is 3.46. The number of hydrogen-bond acceptors (Lipinski definition) is 5. The molecule has 2 aromatic heterocycles. The summed E-state index contributed by atoms with van der Waals surface area (Å²) in [6.45, 7) is 5.12. The Kier molecular flexibility index (Phi) is 3.25. The number of imidazole rings is 1. The van der Waals surface area contributed by atoms with Crippen molar-refractivity contribution in [3.8, 4) is 0 Å². The molecule has 0 spiro atoms. The Labute approximate surface area is 112 Å². The lowest BCUT2D eigenvalue weighted by Gasteiger charge is -2.15. The SMILES string of the molecule is CCNc1cn2ccnc2c(NC2CCN(C)C2)n1. The Morgan fingerprint density at radius 1 is 1.47 bits per heavy atom. The maximum Gasteiger partial charge on any atom is 0.180 e. The van der Waals surface area contributed by atoms with Gasteiger partial charge < -0.3 is 19.9 Å². The summed E-state index contributed by atoms with van der Waals surface area (Å²) in [7, 11) is 2.15. The summed E-state index contributed by atoms with van der Waals surface area (Å²) in [5.41, 5.74) is 0.885. The molecule has 2 N–H and O–H groups in total. The molecule has 1 aliphatic rings. The minimum atomic E-state index is 0.454. The molecule has 6 nitrogen and oxygen atoms in total. The summed E-state index contributed by atoms with van der Waals surface area (Å²) in [5, 5.41) is 6.78. The topological polar surface area (TPSA) is 57.5 Å². The molecule has 0 radical (unpaired) electrons. The van der Waals surface area contributed by atoms with E-state index >= 15 is 0 Å². The quantitative estimate of drug-likeness (QED) is 0.867. The van der Waals surface area contributed by atoms with Crippen LogP contribution in [0.4, 0.5) is 11.6 Å². The molecule has 1 unspecified atom stereocenters. The number of anilines is 2. The van der Waals surface area contributed by atoms with Gasteiger partial charge in [0.15, 0.2) is 11.5 Å². The highest BCUT2D eigenvalue weighted by molar-refractivity contribution is 5.65. The fraction of sp³-hybridized carbons (Fsp3) is 0.538. The second-order valence-electron chi connectivity index (χ2n) is 5.06. The number of fused-ring (bicyclic) bond motifs is 1. The van der Waals surface area contributed by atoms with Crippen molar-refractivity contribution >= 4 is 17.3 Å². The van der Waals surface area contributed by atoms with E-state index in [0.717, 1.165) is 43.3 Å². The summed E-state index contributed by atoms with van der Waals surface area (Å²) >= 11 is 0. The molecule has 19 heavy (non-hydrogen) atoms. The van der Waals surface area contributed by atoms with Crippen LogP contribution in [0.2, 0.25) is 0 Å². The van der Waals surface area contributed by atoms with Crippen molar-refractivity contribution in [1.29, 1.82) is 0 Å². The van der Waals surface area contributed by atoms with Crippen LogP contribution < -0.4 is 10.6 Å². The van der Waals surface area contributed by atoms with Crippen LogP contribution in [0.5, 0.6) is 0 Å². The van der Waals surface area contributed by atoms with Crippen LogP contribution in [0.1, 0.15) is 13.3 Å². The van der Waals surface area contributed by atoms with Gasteiger partial charge in [0.05, 0.1) is 6.20 Å². The lowest BCUT2D eigenvalue weighted by Crippen LogP contribution is -2.24. The fourth-order valence-electron chi connectivity index (χ4n) is 2.54. The first-order valence-corrected chi connectivity index (χ1v) is 6.79. The van der Waals surface area contributed by atoms with E-state index in [9.17, 15) is 0 Å². The molecule has 6 heteroatoms. The highest BCUT2D eigenvalue weighted by atomic mass is 15.2. The number of likely N-dealkylation sites (N-methyl/N-ethyl adjacent to an activating group) is 1. The number of aromatic nitrogens is 3. The van der Waals surface area contributed by atoms with Crippen molar-refractivity contribution in [2.45, 2.75) is 19.4 Å². The summed E-state index contributed by atoms with van der Waals surface area (Å²) in [6.07, 6.45) is 6.87. The first-order chi connectivity index (χ1) is 9.26. The van der Waals surface area contributed by atoms with Crippen LogP contribution in [-0.4, -0.2) is 52.0 Å². The van der Waals surface area contributed by atoms with Gasteiger partial charge in [0, 0.05) is 31.5 Å². The molecule has 3 rings (SSSR count). The van der Waals surface area contributed by atoms with Gasteiger partial charge in [0.25, 0.3) is 0 Å². The van der Waals surface area contributed by atoms with Crippen LogP contribution in [0.15, 0.2) is 18.6 Å². The van der Waals surface area contributed by atoms with Gasteiger partial charge in [-0.1, -0.05) is 0 Å². The third-order valence-electron chi connectivity index (χ3n) is 3.46.